The molecule has 4 rings (SSSR count). The summed E-state index contributed by atoms with van der Waals surface area (Å²) in [5, 5.41) is 7.40. The summed E-state index contributed by atoms with van der Waals surface area (Å²) in [6, 6.07) is 7.87. The first-order chi connectivity index (χ1) is 13.7. The van der Waals surface area contributed by atoms with Crippen LogP contribution in [0, 0.1) is 6.92 Å². The highest BCUT2D eigenvalue weighted by Gasteiger charge is 2.25. The molecule has 7 nitrogen and oxygen atoms in total. The highest BCUT2D eigenvalue weighted by molar-refractivity contribution is 8.18. The molecular weight excluding hydrogens is 376 g/mol. The molecule has 1 amide bonds. The van der Waals surface area contributed by atoms with Crippen molar-refractivity contribution in [2.75, 3.05) is 0 Å². The molecule has 1 saturated heterocycles. The molecule has 28 heavy (non-hydrogen) atoms. The van der Waals surface area contributed by atoms with Gasteiger partial charge in [-0.2, -0.15) is 4.98 Å². The van der Waals surface area contributed by atoms with Crippen molar-refractivity contribution in [1.29, 1.82) is 0 Å². The van der Waals surface area contributed by atoms with Gasteiger partial charge in [0.25, 0.3) is 5.91 Å². The van der Waals surface area contributed by atoms with Crippen molar-refractivity contribution in [3.8, 4) is 5.75 Å². The summed E-state index contributed by atoms with van der Waals surface area (Å²) in [5.74, 6) is 1.63. The Morgan fingerprint density at radius 1 is 1.29 bits per heavy atom. The van der Waals surface area contributed by atoms with Crippen molar-refractivity contribution in [3.63, 3.8) is 0 Å². The normalized spacial score (nSPS) is 20.7. The lowest BCUT2D eigenvalue weighted by atomic mass is 9.96. The van der Waals surface area contributed by atoms with E-state index >= 15 is 0 Å². The van der Waals surface area contributed by atoms with Gasteiger partial charge >= 0.3 is 0 Å². The van der Waals surface area contributed by atoms with Gasteiger partial charge in [0.05, 0.1) is 10.9 Å². The van der Waals surface area contributed by atoms with Gasteiger partial charge in [-0.3, -0.25) is 9.79 Å². The monoisotopic (exact) mass is 398 g/mol. The van der Waals surface area contributed by atoms with E-state index in [1.807, 2.05) is 30.3 Å². The summed E-state index contributed by atoms with van der Waals surface area (Å²) in [6.07, 6.45) is 7.84. The second-order valence-electron chi connectivity index (χ2n) is 6.88. The smallest absolute Gasteiger partial charge is 0.264 e. The second-order valence-corrected chi connectivity index (χ2v) is 7.91. The predicted octanol–water partition coefficient (Wildman–Crippen LogP) is 3.85. The fraction of sp³-hybridized carbons (Fsp3) is 0.400. The Bertz CT molecular complexity index is 898. The Kier molecular flexibility index (Phi) is 5.76. The number of carbonyl (C=O) groups is 1. The van der Waals surface area contributed by atoms with Crippen molar-refractivity contribution < 1.29 is 14.1 Å². The second kappa shape index (κ2) is 8.60. The third-order valence-electron chi connectivity index (χ3n) is 4.64. The standard InChI is InChI=1S/C20H22N4O3S/c1-13-21-18(24-27-13)12-26-16-9-7-14(8-10-16)11-17-19(25)23-20(28-17)22-15-5-3-2-4-6-15/h7-11,15H,2-6,12H2,1H3,(H,22,23,25)/b17-11+. The number of aryl methyl sites for hydroxylation is 1. The molecule has 1 N–H and O–H groups in total. The van der Waals surface area contributed by atoms with E-state index in [0.29, 0.717) is 28.4 Å². The van der Waals surface area contributed by atoms with Crippen LogP contribution in [0.25, 0.3) is 6.08 Å². The number of aliphatic imine (C=N–C) groups is 1. The van der Waals surface area contributed by atoms with E-state index in [1.165, 1.54) is 31.0 Å². The van der Waals surface area contributed by atoms with Crippen molar-refractivity contribution in [3.05, 3.63) is 46.4 Å². The van der Waals surface area contributed by atoms with Crippen molar-refractivity contribution in [1.82, 2.24) is 15.5 Å². The van der Waals surface area contributed by atoms with Crippen LogP contribution in [0.5, 0.6) is 5.75 Å². The van der Waals surface area contributed by atoms with Gasteiger partial charge in [0.2, 0.25) is 11.7 Å². The summed E-state index contributed by atoms with van der Waals surface area (Å²) in [7, 11) is 0. The van der Waals surface area contributed by atoms with Crippen molar-refractivity contribution >= 4 is 28.9 Å². The molecule has 2 aromatic rings. The lowest BCUT2D eigenvalue weighted by Crippen LogP contribution is -2.22. The fourth-order valence-electron chi connectivity index (χ4n) is 3.22. The fourth-order valence-corrected chi connectivity index (χ4v) is 4.12. The van der Waals surface area contributed by atoms with Crippen LogP contribution in [0.1, 0.15) is 49.4 Å². The first-order valence-electron chi connectivity index (χ1n) is 9.46. The van der Waals surface area contributed by atoms with Crippen LogP contribution in [0.15, 0.2) is 38.7 Å². The molecule has 8 heteroatoms. The van der Waals surface area contributed by atoms with Crippen LogP contribution < -0.4 is 10.1 Å². The quantitative estimate of drug-likeness (QED) is 0.770. The molecule has 146 valence electrons. The number of ether oxygens (including phenoxy) is 1. The van der Waals surface area contributed by atoms with Crippen LogP contribution in [-0.4, -0.2) is 27.3 Å². The molecule has 0 bridgehead atoms. The zero-order valence-electron chi connectivity index (χ0n) is 15.7. The average Bonchev–Trinajstić information content (AvgIpc) is 3.27. The molecule has 1 aromatic heterocycles. The SMILES string of the molecule is Cc1nc(COc2ccc(/C=C3/SC(=NC4CCCCC4)NC3=O)cc2)no1. The Morgan fingerprint density at radius 2 is 2.07 bits per heavy atom. The van der Waals surface area contributed by atoms with Crippen LogP contribution in [0.3, 0.4) is 0 Å². The first-order valence-corrected chi connectivity index (χ1v) is 10.3. The van der Waals surface area contributed by atoms with Crippen LogP contribution in [0.2, 0.25) is 0 Å². The Balaban J connectivity index is 1.36. The van der Waals surface area contributed by atoms with E-state index in [4.69, 9.17) is 14.3 Å². The number of aromatic nitrogens is 2. The summed E-state index contributed by atoms with van der Waals surface area (Å²) < 4.78 is 10.6. The van der Waals surface area contributed by atoms with E-state index in [0.717, 1.165) is 23.6 Å². The number of amides is 1. The lowest BCUT2D eigenvalue weighted by Gasteiger charge is -2.17. The Hall–Kier alpha value is -2.61. The highest BCUT2D eigenvalue weighted by atomic mass is 32.2. The number of thioether (sulfide) groups is 1. The van der Waals surface area contributed by atoms with Gasteiger partial charge in [-0.1, -0.05) is 36.6 Å². The van der Waals surface area contributed by atoms with Crippen LogP contribution >= 0.6 is 11.8 Å². The van der Waals surface area contributed by atoms with Gasteiger partial charge in [-0.25, -0.2) is 0 Å². The molecule has 0 unspecified atom stereocenters. The third kappa shape index (κ3) is 4.81. The zero-order valence-corrected chi connectivity index (χ0v) is 16.5. The van der Waals surface area contributed by atoms with E-state index < -0.39 is 0 Å². The van der Waals surface area contributed by atoms with Gasteiger partial charge < -0.3 is 14.6 Å². The molecule has 0 radical (unpaired) electrons. The first kappa shape index (κ1) is 18.7. The molecular formula is C20H22N4O3S. The van der Waals surface area contributed by atoms with Gasteiger partial charge in [0.15, 0.2) is 11.8 Å². The topological polar surface area (TPSA) is 89.6 Å². The predicted molar refractivity (Wildman–Crippen MR) is 108 cm³/mol. The molecule has 2 fully saturated rings. The number of carbonyl (C=O) groups excluding carboxylic acids is 1. The molecule has 2 aliphatic rings. The van der Waals surface area contributed by atoms with Crippen LogP contribution in [0.4, 0.5) is 0 Å². The van der Waals surface area contributed by atoms with E-state index in [-0.39, 0.29) is 12.5 Å². The molecule has 2 heterocycles. The van der Waals surface area contributed by atoms with Crippen molar-refractivity contribution in [2.45, 2.75) is 51.7 Å². The Labute approximate surface area is 167 Å². The minimum atomic E-state index is -0.0904. The maximum Gasteiger partial charge on any atom is 0.264 e. The molecule has 1 aliphatic carbocycles. The summed E-state index contributed by atoms with van der Waals surface area (Å²) in [4.78, 5) is 21.7. The van der Waals surface area contributed by atoms with Gasteiger partial charge in [-0.05, 0) is 48.4 Å². The summed E-state index contributed by atoms with van der Waals surface area (Å²) >= 11 is 1.41. The number of hydrogen-bond donors (Lipinski definition) is 1. The zero-order chi connectivity index (χ0) is 19.3. The number of amidine groups is 1. The minimum Gasteiger partial charge on any atom is -0.485 e. The summed E-state index contributed by atoms with van der Waals surface area (Å²) in [5.41, 5.74) is 0.930. The van der Waals surface area contributed by atoms with Gasteiger partial charge in [0, 0.05) is 6.92 Å². The van der Waals surface area contributed by atoms with Crippen LogP contribution in [-0.2, 0) is 11.4 Å². The maximum absolute atomic E-state index is 12.2. The molecule has 0 spiro atoms. The van der Waals surface area contributed by atoms with Gasteiger partial charge in [-0.15, -0.1) is 0 Å². The third-order valence-corrected chi connectivity index (χ3v) is 5.56. The number of hydrogen-bond acceptors (Lipinski definition) is 7. The van der Waals surface area contributed by atoms with E-state index in [2.05, 4.69) is 15.5 Å². The maximum atomic E-state index is 12.2. The lowest BCUT2D eigenvalue weighted by molar-refractivity contribution is -0.115. The molecule has 0 atom stereocenters. The highest BCUT2D eigenvalue weighted by Crippen LogP contribution is 2.29. The Morgan fingerprint density at radius 3 is 2.79 bits per heavy atom. The van der Waals surface area contributed by atoms with Gasteiger partial charge in [0.1, 0.15) is 5.75 Å². The largest absolute Gasteiger partial charge is 0.485 e. The number of nitrogens with one attached hydrogen (secondary N) is 1. The number of benzene rings is 1. The number of rotatable bonds is 5. The summed E-state index contributed by atoms with van der Waals surface area (Å²) in [6.45, 7) is 1.98. The van der Waals surface area contributed by atoms with Crippen molar-refractivity contribution in [2.24, 2.45) is 4.99 Å². The molecule has 1 aliphatic heterocycles. The molecule has 1 saturated carbocycles. The van der Waals surface area contributed by atoms with E-state index in [1.54, 1.807) is 6.92 Å². The number of nitrogens with zero attached hydrogens (tertiary/aromatic N) is 3. The molecule has 1 aromatic carbocycles. The minimum absolute atomic E-state index is 0.0904. The average molecular weight is 398 g/mol. The van der Waals surface area contributed by atoms with E-state index in [9.17, 15) is 4.79 Å².